The van der Waals surface area contributed by atoms with E-state index >= 15 is 0 Å². The Hall–Kier alpha value is -0.160. The molecule has 0 aromatic rings. The summed E-state index contributed by atoms with van der Waals surface area (Å²) in [6, 6.07) is 0. The molecule has 0 fully saturated rings. The zero-order valence-electron chi connectivity index (χ0n) is 12.6. The summed E-state index contributed by atoms with van der Waals surface area (Å²) in [5.41, 5.74) is 5.58. The van der Waals surface area contributed by atoms with Crippen LogP contribution in [-0.4, -0.2) is 44.7 Å². The van der Waals surface area contributed by atoms with E-state index in [1.54, 1.807) is 7.11 Å². The summed E-state index contributed by atoms with van der Waals surface area (Å²) in [7, 11) is 1.63. The molecule has 0 bridgehead atoms. The van der Waals surface area contributed by atoms with Crippen LogP contribution in [0, 0.1) is 0 Å². The summed E-state index contributed by atoms with van der Waals surface area (Å²) in [6.07, 6.45) is 0.340. The molecule has 4 nitrogen and oxygen atoms in total. The summed E-state index contributed by atoms with van der Waals surface area (Å²) in [5, 5.41) is 0. The van der Waals surface area contributed by atoms with E-state index < -0.39 is 5.54 Å². The summed E-state index contributed by atoms with van der Waals surface area (Å²) in [6.45, 7) is 13.3. The van der Waals surface area contributed by atoms with Crippen molar-refractivity contribution in [2.75, 3.05) is 26.9 Å². The highest BCUT2D eigenvalue weighted by Crippen LogP contribution is 2.07. The van der Waals surface area contributed by atoms with Gasteiger partial charge in [0.15, 0.2) is 0 Å². The van der Waals surface area contributed by atoms with Gasteiger partial charge in [-0.25, -0.2) is 0 Å². The monoisotopic (exact) mass is 249 g/mol. The highest BCUT2D eigenvalue weighted by atomic mass is 16.5. The average molecular weight is 249 g/mol. The molecule has 0 saturated carbocycles. The van der Waals surface area contributed by atoms with Crippen LogP contribution >= 0.6 is 0 Å². The maximum atomic E-state index is 6.13. The van der Waals surface area contributed by atoms with Gasteiger partial charge in [0.25, 0.3) is 0 Å². The molecule has 0 unspecified atom stereocenters. The van der Waals surface area contributed by atoms with Crippen LogP contribution in [0.2, 0.25) is 0 Å². The second-order valence-corrected chi connectivity index (χ2v) is 4.51. The smallest absolute Gasteiger partial charge is 0.0865 e. The van der Waals surface area contributed by atoms with E-state index in [1.165, 1.54) is 0 Å². The van der Waals surface area contributed by atoms with Gasteiger partial charge in [0, 0.05) is 7.11 Å². The van der Waals surface area contributed by atoms with Crippen LogP contribution in [0.15, 0.2) is 0 Å². The lowest BCUT2D eigenvalue weighted by Gasteiger charge is -2.29. The fourth-order valence-electron chi connectivity index (χ4n) is 1.08. The van der Waals surface area contributed by atoms with Gasteiger partial charge in [-0.2, -0.15) is 0 Å². The minimum Gasteiger partial charge on any atom is -0.383 e. The third kappa shape index (κ3) is 12.1. The van der Waals surface area contributed by atoms with Crippen LogP contribution in [0.3, 0.4) is 0 Å². The maximum absolute atomic E-state index is 6.13. The number of hydrogen-bond acceptors (Lipinski definition) is 4. The molecule has 4 heteroatoms. The van der Waals surface area contributed by atoms with Gasteiger partial charge in [0.2, 0.25) is 0 Å². The van der Waals surface area contributed by atoms with Crippen LogP contribution in [0.5, 0.6) is 0 Å². The standard InChI is InChI=1S/C11H25NO3.C2H6/c1-9(2)14-7-11(12,6-13-5)8-15-10(3)4;1-2/h9-10H,6-8,12H2,1-5H3;1-2H3. The fourth-order valence-corrected chi connectivity index (χ4v) is 1.08. The van der Waals surface area contributed by atoms with Gasteiger partial charge in [-0.3, -0.25) is 0 Å². The molecule has 0 rings (SSSR count). The van der Waals surface area contributed by atoms with Gasteiger partial charge >= 0.3 is 0 Å². The molecular weight excluding hydrogens is 218 g/mol. The molecule has 17 heavy (non-hydrogen) atoms. The molecule has 0 radical (unpaired) electrons. The van der Waals surface area contributed by atoms with E-state index in [1.807, 2.05) is 41.5 Å². The van der Waals surface area contributed by atoms with E-state index in [9.17, 15) is 0 Å². The Bertz CT molecular complexity index is 149. The Morgan fingerprint density at radius 3 is 1.47 bits per heavy atom. The van der Waals surface area contributed by atoms with Crippen LogP contribution in [0.1, 0.15) is 41.5 Å². The summed E-state index contributed by atoms with van der Waals surface area (Å²) in [5.74, 6) is 0. The van der Waals surface area contributed by atoms with Crippen molar-refractivity contribution in [3.05, 3.63) is 0 Å². The van der Waals surface area contributed by atoms with Gasteiger partial charge in [-0.05, 0) is 27.7 Å². The molecule has 0 heterocycles. The number of nitrogens with two attached hydrogens (primary N) is 1. The quantitative estimate of drug-likeness (QED) is 0.716. The summed E-state index contributed by atoms with van der Waals surface area (Å²) >= 11 is 0. The van der Waals surface area contributed by atoms with Crippen molar-refractivity contribution in [2.24, 2.45) is 5.73 Å². The number of hydrogen-bond donors (Lipinski definition) is 1. The van der Waals surface area contributed by atoms with E-state index in [4.69, 9.17) is 19.9 Å². The SMILES string of the molecule is CC.COCC(N)(COC(C)C)COC(C)C. The van der Waals surface area contributed by atoms with Crippen molar-refractivity contribution in [2.45, 2.75) is 59.3 Å². The van der Waals surface area contributed by atoms with E-state index in [2.05, 4.69) is 0 Å². The van der Waals surface area contributed by atoms with Gasteiger partial charge in [-0.1, -0.05) is 13.8 Å². The Labute approximate surface area is 107 Å². The van der Waals surface area contributed by atoms with Gasteiger partial charge < -0.3 is 19.9 Å². The van der Waals surface area contributed by atoms with Gasteiger partial charge in [0.1, 0.15) is 0 Å². The van der Waals surface area contributed by atoms with E-state index in [0.29, 0.717) is 19.8 Å². The van der Waals surface area contributed by atoms with E-state index in [0.717, 1.165) is 0 Å². The van der Waals surface area contributed by atoms with Crippen molar-refractivity contribution in [1.82, 2.24) is 0 Å². The Morgan fingerprint density at radius 2 is 1.24 bits per heavy atom. The molecule has 0 saturated heterocycles. The predicted octanol–water partition coefficient (Wildman–Crippen LogP) is 2.21. The molecule has 0 aliphatic carbocycles. The molecule has 0 amide bonds. The number of rotatable bonds is 8. The van der Waals surface area contributed by atoms with E-state index in [-0.39, 0.29) is 12.2 Å². The maximum Gasteiger partial charge on any atom is 0.0865 e. The van der Waals surface area contributed by atoms with Crippen molar-refractivity contribution in [1.29, 1.82) is 0 Å². The number of ether oxygens (including phenoxy) is 3. The normalized spacial score (nSPS) is 11.6. The minimum atomic E-state index is -0.552. The molecule has 0 aromatic heterocycles. The summed E-state index contributed by atoms with van der Waals surface area (Å²) in [4.78, 5) is 0. The summed E-state index contributed by atoms with van der Waals surface area (Å²) < 4.78 is 16.1. The van der Waals surface area contributed by atoms with Crippen LogP contribution in [0.4, 0.5) is 0 Å². The highest BCUT2D eigenvalue weighted by molar-refractivity contribution is 4.84. The molecule has 106 valence electrons. The Morgan fingerprint density at radius 1 is 0.882 bits per heavy atom. The third-order valence-electron chi connectivity index (χ3n) is 1.84. The molecule has 2 N–H and O–H groups in total. The first-order valence-corrected chi connectivity index (χ1v) is 6.40. The lowest BCUT2D eigenvalue weighted by atomic mass is 10.1. The molecule has 0 spiro atoms. The van der Waals surface area contributed by atoms with Crippen LogP contribution in [-0.2, 0) is 14.2 Å². The molecule has 0 atom stereocenters. The van der Waals surface area contributed by atoms with Crippen LogP contribution < -0.4 is 5.73 Å². The average Bonchev–Trinajstić information content (AvgIpc) is 2.27. The van der Waals surface area contributed by atoms with Gasteiger partial charge in [-0.15, -0.1) is 0 Å². The highest BCUT2D eigenvalue weighted by Gasteiger charge is 2.26. The Balaban J connectivity index is 0. The molecule has 0 aromatic carbocycles. The first-order chi connectivity index (χ1) is 7.89. The fraction of sp³-hybridized carbons (Fsp3) is 1.00. The molecule has 0 aliphatic rings. The number of methoxy groups -OCH3 is 1. The first kappa shape index (κ1) is 19.2. The molecular formula is C13H31NO3. The van der Waals surface area contributed by atoms with Crippen molar-refractivity contribution in [3.8, 4) is 0 Å². The lowest BCUT2D eigenvalue weighted by molar-refractivity contribution is -0.0418. The topological polar surface area (TPSA) is 53.7 Å². The zero-order chi connectivity index (χ0) is 13.9. The van der Waals surface area contributed by atoms with Crippen LogP contribution in [0.25, 0.3) is 0 Å². The van der Waals surface area contributed by atoms with Crippen molar-refractivity contribution < 1.29 is 14.2 Å². The predicted molar refractivity (Wildman–Crippen MR) is 72.3 cm³/mol. The largest absolute Gasteiger partial charge is 0.383 e. The van der Waals surface area contributed by atoms with Gasteiger partial charge in [0.05, 0.1) is 37.6 Å². The Kier molecular flexibility index (Phi) is 12.4. The zero-order valence-corrected chi connectivity index (χ0v) is 12.6. The minimum absolute atomic E-state index is 0.170. The second kappa shape index (κ2) is 11.0. The third-order valence-corrected chi connectivity index (χ3v) is 1.84. The first-order valence-electron chi connectivity index (χ1n) is 6.40. The molecule has 0 aliphatic heterocycles. The lowest BCUT2D eigenvalue weighted by Crippen LogP contribution is -2.53. The second-order valence-electron chi connectivity index (χ2n) is 4.51. The van der Waals surface area contributed by atoms with Crippen molar-refractivity contribution in [3.63, 3.8) is 0 Å². The van der Waals surface area contributed by atoms with Crippen molar-refractivity contribution >= 4 is 0 Å².